The van der Waals surface area contributed by atoms with Gasteiger partial charge in [-0.25, -0.2) is 8.42 Å². The molecule has 0 amide bonds. The quantitative estimate of drug-likeness (QED) is 0.502. The Labute approximate surface area is 175 Å². The van der Waals surface area contributed by atoms with Crippen LogP contribution in [0, 0.1) is 13.8 Å². The molecule has 0 spiro atoms. The van der Waals surface area contributed by atoms with Crippen molar-refractivity contribution >= 4 is 43.8 Å². The molecular weight excluding hydrogens is 475 g/mol. The van der Waals surface area contributed by atoms with E-state index in [9.17, 15) is 21.6 Å². The number of hydrogen-bond donors (Lipinski definition) is 1. The van der Waals surface area contributed by atoms with E-state index < -0.39 is 28.0 Å². The molecule has 9 heteroatoms. The summed E-state index contributed by atoms with van der Waals surface area (Å²) in [6.45, 7) is 6.72. The Morgan fingerprint density at radius 2 is 1.71 bits per heavy atom. The highest BCUT2D eigenvalue weighted by molar-refractivity contribution is 9.10. The molecule has 0 aliphatic rings. The lowest BCUT2D eigenvalue weighted by Crippen LogP contribution is -2.47. The summed E-state index contributed by atoms with van der Waals surface area (Å²) in [5.74, 6) is -0.479. The molecule has 2 rings (SSSR count). The normalized spacial score (nSPS) is 13.4. The largest absolute Gasteiger partial charge is 0.405 e. The van der Waals surface area contributed by atoms with Crippen molar-refractivity contribution in [2.24, 2.45) is 0 Å². The van der Waals surface area contributed by atoms with Crippen LogP contribution in [-0.2, 0) is 10.0 Å². The maximum atomic E-state index is 13.5. The average Bonchev–Trinajstić information content (AvgIpc) is 2.58. The number of hydrogen-bond acceptors (Lipinski definition) is 3. The van der Waals surface area contributed by atoms with Gasteiger partial charge in [-0.15, -0.1) is 11.8 Å². The fourth-order valence-electron chi connectivity index (χ4n) is 2.68. The third kappa shape index (κ3) is 5.85. The first-order chi connectivity index (χ1) is 12.9. The minimum absolute atomic E-state index is 0.138. The lowest BCUT2D eigenvalue weighted by atomic mass is 10.1. The highest BCUT2D eigenvalue weighted by Crippen LogP contribution is 2.30. The van der Waals surface area contributed by atoms with Gasteiger partial charge in [-0.1, -0.05) is 40.7 Å². The zero-order valence-electron chi connectivity index (χ0n) is 15.2. The van der Waals surface area contributed by atoms with Crippen LogP contribution < -0.4 is 4.72 Å². The molecule has 0 aliphatic heterocycles. The van der Waals surface area contributed by atoms with E-state index in [-0.39, 0.29) is 4.90 Å². The van der Waals surface area contributed by atoms with E-state index in [0.29, 0.717) is 21.6 Å². The first-order valence-electron chi connectivity index (χ1n) is 8.15. The van der Waals surface area contributed by atoms with Crippen LogP contribution in [0.15, 0.2) is 57.2 Å². The molecule has 28 heavy (non-hydrogen) atoms. The van der Waals surface area contributed by atoms with Crippen molar-refractivity contribution in [1.82, 2.24) is 4.72 Å². The predicted octanol–water partition coefficient (Wildman–Crippen LogP) is 5.71. The second kappa shape index (κ2) is 9.02. The van der Waals surface area contributed by atoms with Gasteiger partial charge in [-0.2, -0.15) is 17.9 Å². The zero-order valence-corrected chi connectivity index (χ0v) is 18.4. The standard InChI is InChI=1S/C19H19BrF3NO2S2/c1-4-14-9-12(2)18(13(3)10-14)28(25,26)24-17(19(21,22)23)11-27-16-7-5-15(20)6-8-16/h4-10,17,24H,1,11H2,2-3H3. The summed E-state index contributed by atoms with van der Waals surface area (Å²) in [6, 6.07) is 7.69. The predicted molar refractivity (Wildman–Crippen MR) is 111 cm³/mol. The summed E-state index contributed by atoms with van der Waals surface area (Å²) in [5.41, 5.74) is 1.43. The maximum absolute atomic E-state index is 13.5. The summed E-state index contributed by atoms with van der Waals surface area (Å²) in [7, 11) is -4.37. The van der Waals surface area contributed by atoms with Crippen LogP contribution in [0.1, 0.15) is 16.7 Å². The Morgan fingerprint density at radius 1 is 1.18 bits per heavy atom. The van der Waals surface area contributed by atoms with Crippen molar-refractivity contribution in [3.63, 3.8) is 0 Å². The molecule has 0 saturated carbocycles. The Balaban J connectivity index is 2.28. The van der Waals surface area contributed by atoms with Gasteiger partial charge in [0, 0.05) is 15.1 Å². The highest BCUT2D eigenvalue weighted by atomic mass is 79.9. The number of sulfonamides is 1. The van der Waals surface area contributed by atoms with E-state index in [1.165, 1.54) is 0 Å². The molecule has 1 N–H and O–H groups in total. The number of nitrogens with one attached hydrogen (secondary N) is 1. The van der Waals surface area contributed by atoms with Gasteiger partial charge in [0.1, 0.15) is 6.04 Å². The van der Waals surface area contributed by atoms with Gasteiger partial charge in [0.2, 0.25) is 10.0 Å². The molecule has 0 aliphatic carbocycles. The Kier molecular flexibility index (Phi) is 7.41. The molecule has 0 saturated heterocycles. The van der Waals surface area contributed by atoms with Crippen molar-refractivity contribution in [3.05, 3.63) is 64.1 Å². The molecule has 2 aromatic carbocycles. The number of aryl methyl sites for hydroxylation is 2. The van der Waals surface area contributed by atoms with Crippen molar-refractivity contribution in [3.8, 4) is 0 Å². The fraction of sp³-hybridized carbons (Fsp3) is 0.263. The monoisotopic (exact) mass is 493 g/mol. The summed E-state index contributed by atoms with van der Waals surface area (Å²) in [5, 5.41) is 0. The van der Waals surface area contributed by atoms with E-state index in [2.05, 4.69) is 22.5 Å². The van der Waals surface area contributed by atoms with E-state index >= 15 is 0 Å². The summed E-state index contributed by atoms with van der Waals surface area (Å²) in [4.78, 5) is 0.473. The highest BCUT2D eigenvalue weighted by Gasteiger charge is 2.42. The van der Waals surface area contributed by atoms with Crippen molar-refractivity contribution < 1.29 is 21.6 Å². The third-order valence-electron chi connectivity index (χ3n) is 3.91. The van der Waals surface area contributed by atoms with E-state index in [0.717, 1.165) is 16.2 Å². The van der Waals surface area contributed by atoms with Gasteiger partial charge in [0.05, 0.1) is 4.90 Å². The van der Waals surface area contributed by atoms with Gasteiger partial charge in [0.25, 0.3) is 0 Å². The number of alkyl halides is 3. The molecule has 0 radical (unpaired) electrons. The van der Waals surface area contributed by atoms with Crippen molar-refractivity contribution in [2.75, 3.05) is 5.75 Å². The molecule has 1 unspecified atom stereocenters. The topological polar surface area (TPSA) is 46.2 Å². The van der Waals surface area contributed by atoms with Crippen LogP contribution in [0.4, 0.5) is 13.2 Å². The van der Waals surface area contributed by atoms with Crippen LogP contribution in [0.3, 0.4) is 0 Å². The number of halogens is 4. The lowest BCUT2D eigenvalue weighted by Gasteiger charge is -2.22. The van der Waals surface area contributed by atoms with Gasteiger partial charge in [-0.05, 0) is 54.8 Å². The Bertz CT molecular complexity index is 935. The molecule has 2 aromatic rings. The van der Waals surface area contributed by atoms with E-state index in [1.54, 1.807) is 56.3 Å². The lowest BCUT2D eigenvalue weighted by molar-refractivity contribution is -0.145. The first-order valence-corrected chi connectivity index (χ1v) is 11.4. The molecule has 3 nitrogen and oxygen atoms in total. The maximum Gasteiger partial charge on any atom is 0.405 e. The SMILES string of the molecule is C=Cc1cc(C)c(S(=O)(=O)NC(CSc2ccc(Br)cc2)C(F)(F)F)c(C)c1. The van der Waals surface area contributed by atoms with Gasteiger partial charge in [-0.3, -0.25) is 0 Å². The molecular formula is C19H19BrF3NO2S2. The van der Waals surface area contributed by atoms with E-state index in [4.69, 9.17) is 0 Å². The average molecular weight is 494 g/mol. The van der Waals surface area contributed by atoms with Crippen LogP contribution in [-0.4, -0.2) is 26.4 Å². The van der Waals surface area contributed by atoms with Crippen LogP contribution in [0.2, 0.25) is 0 Å². The van der Waals surface area contributed by atoms with Crippen molar-refractivity contribution in [1.29, 1.82) is 0 Å². The molecule has 0 aromatic heterocycles. The van der Waals surface area contributed by atoms with Gasteiger partial charge >= 0.3 is 6.18 Å². The molecule has 0 fully saturated rings. The van der Waals surface area contributed by atoms with Crippen LogP contribution in [0.25, 0.3) is 6.08 Å². The second-order valence-electron chi connectivity index (χ2n) is 6.17. The van der Waals surface area contributed by atoms with Crippen LogP contribution >= 0.6 is 27.7 Å². The molecule has 1 atom stereocenters. The number of benzene rings is 2. The van der Waals surface area contributed by atoms with Gasteiger partial charge < -0.3 is 0 Å². The smallest absolute Gasteiger partial charge is 0.207 e. The first kappa shape index (κ1) is 23.0. The third-order valence-corrected chi connectivity index (χ3v) is 7.32. The zero-order chi connectivity index (χ0) is 21.1. The summed E-state index contributed by atoms with van der Waals surface area (Å²) >= 11 is 4.19. The van der Waals surface area contributed by atoms with Crippen LogP contribution in [0.5, 0.6) is 0 Å². The molecule has 0 heterocycles. The van der Waals surface area contributed by atoms with Gasteiger partial charge in [0.15, 0.2) is 0 Å². The second-order valence-corrected chi connectivity index (χ2v) is 9.83. The summed E-state index contributed by atoms with van der Waals surface area (Å²) in [6.07, 6.45) is -3.17. The minimum atomic E-state index is -4.72. The Hall–Kier alpha value is -1.29. The molecule has 0 bridgehead atoms. The molecule has 152 valence electrons. The summed E-state index contributed by atoms with van der Waals surface area (Å²) < 4.78 is 68.6. The van der Waals surface area contributed by atoms with E-state index in [1.807, 2.05) is 4.72 Å². The minimum Gasteiger partial charge on any atom is -0.207 e. The number of rotatable bonds is 7. The van der Waals surface area contributed by atoms with Crippen molar-refractivity contribution in [2.45, 2.75) is 35.9 Å². The fourth-order valence-corrected chi connectivity index (χ4v) is 5.68. The number of thioether (sulfide) groups is 1. The Morgan fingerprint density at radius 3 is 2.18 bits per heavy atom.